The second kappa shape index (κ2) is 6.78. The van der Waals surface area contributed by atoms with Crippen LogP contribution in [0.1, 0.15) is 5.56 Å². The van der Waals surface area contributed by atoms with Gasteiger partial charge in [-0.15, -0.1) is 11.3 Å². The largest absolute Gasteiger partial charge is 0.457 e. The topological polar surface area (TPSA) is 21.3 Å². The first-order valence-electron chi connectivity index (χ1n) is 6.59. The van der Waals surface area contributed by atoms with Gasteiger partial charge in [0.25, 0.3) is 0 Å². The number of nitrogens with one attached hydrogen (secondary N) is 1. The summed E-state index contributed by atoms with van der Waals surface area (Å²) in [5.74, 6) is 1.69. The van der Waals surface area contributed by atoms with E-state index >= 15 is 0 Å². The lowest BCUT2D eigenvalue weighted by molar-refractivity contribution is 0.483. The highest BCUT2D eigenvalue weighted by Crippen LogP contribution is 2.24. The Labute approximate surface area is 136 Å². The van der Waals surface area contributed by atoms with Crippen molar-refractivity contribution in [3.63, 3.8) is 0 Å². The average molecular weight is 360 g/mol. The van der Waals surface area contributed by atoms with Crippen LogP contribution in [0.15, 0.2) is 69.8 Å². The van der Waals surface area contributed by atoms with Crippen LogP contribution in [0, 0.1) is 0 Å². The van der Waals surface area contributed by atoms with Crippen molar-refractivity contribution < 1.29 is 4.74 Å². The van der Waals surface area contributed by atoms with E-state index in [2.05, 4.69) is 32.7 Å². The van der Waals surface area contributed by atoms with Gasteiger partial charge in [-0.25, -0.2) is 0 Å². The Balaban J connectivity index is 1.59. The molecule has 0 radical (unpaired) electrons. The summed E-state index contributed by atoms with van der Waals surface area (Å²) in [6.45, 7) is 0.820. The summed E-state index contributed by atoms with van der Waals surface area (Å²) in [4.78, 5) is 0. The number of anilines is 1. The van der Waals surface area contributed by atoms with Gasteiger partial charge in [-0.2, -0.15) is 0 Å². The molecule has 106 valence electrons. The summed E-state index contributed by atoms with van der Waals surface area (Å²) in [6.07, 6.45) is 0. The van der Waals surface area contributed by atoms with Crippen molar-refractivity contribution in [1.29, 1.82) is 0 Å². The van der Waals surface area contributed by atoms with Gasteiger partial charge < -0.3 is 10.1 Å². The van der Waals surface area contributed by atoms with Crippen LogP contribution in [0.3, 0.4) is 0 Å². The van der Waals surface area contributed by atoms with Gasteiger partial charge in [-0.1, -0.05) is 18.2 Å². The lowest BCUT2D eigenvalue weighted by Gasteiger charge is -2.08. The number of benzene rings is 2. The Morgan fingerprint density at radius 2 is 1.67 bits per heavy atom. The molecule has 0 aliphatic carbocycles. The molecule has 2 nitrogen and oxygen atoms in total. The Hall–Kier alpha value is -1.78. The summed E-state index contributed by atoms with van der Waals surface area (Å²) < 4.78 is 6.93. The predicted molar refractivity (Wildman–Crippen MR) is 92.3 cm³/mol. The van der Waals surface area contributed by atoms with E-state index in [1.807, 2.05) is 54.6 Å². The SMILES string of the molecule is Brc1cc(CNc2ccc(Oc3ccccc3)cc2)cs1. The first-order chi connectivity index (χ1) is 10.3. The minimum Gasteiger partial charge on any atom is -0.457 e. The van der Waals surface area contributed by atoms with Crippen molar-refractivity contribution in [2.75, 3.05) is 5.32 Å². The summed E-state index contributed by atoms with van der Waals surface area (Å²) >= 11 is 5.17. The predicted octanol–water partition coefficient (Wildman–Crippen LogP) is 5.92. The highest BCUT2D eigenvalue weighted by atomic mass is 79.9. The van der Waals surface area contributed by atoms with Crippen molar-refractivity contribution in [3.05, 3.63) is 75.4 Å². The molecule has 3 rings (SSSR count). The molecule has 0 aliphatic rings. The molecule has 0 unspecified atom stereocenters. The maximum Gasteiger partial charge on any atom is 0.127 e. The smallest absolute Gasteiger partial charge is 0.127 e. The molecule has 21 heavy (non-hydrogen) atoms. The van der Waals surface area contributed by atoms with Gasteiger partial charge in [0, 0.05) is 12.2 Å². The van der Waals surface area contributed by atoms with Crippen LogP contribution in [0.5, 0.6) is 11.5 Å². The van der Waals surface area contributed by atoms with Gasteiger partial charge in [0.2, 0.25) is 0 Å². The van der Waals surface area contributed by atoms with Crippen LogP contribution in [0.2, 0.25) is 0 Å². The monoisotopic (exact) mass is 359 g/mol. The van der Waals surface area contributed by atoms with Crippen molar-refractivity contribution >= 4 is 33.0 Å². The zero-order valence-electron chi connectivity index (χ0n) is 11.3. The lowest BCUT2D eigenvalue weighted by Crippen LogP contribution is -1.97. The van der Waals surface area contributed by atoms with E-state index in [0.29, 0.717) is 0 Å². The highest BCUT2D eigenvalue weighted by molar-refractivity contribution is 9.11. The summed E-state index contributed by atoms with van der Waals surface area (Å²) in [5, 5.41) is 5.54. The number of ether oxygens (including phenoxy) is 1. The zero-order valence-corrected chi connectivity index (χ0v) is 13.7. The van der Waals surface area contributed by atoms with Crippen LogP contribution in [-0.2, 0) is 6.54 Å². The van der Waals surface area contributed by atoms with Gasteiger partial charge in [0.05, 0.1) is 3.79 Å². The number of thiophene rings is 1. The van der Waals surface area contributed by atoms with Crippen molar-refractivity contribution in [1.82, 2.24) is 0 Å². The second-order valence-corrected chi connectivity index (χ2v) is 6.84. The molecule has 2 aromatic carbocycles. The third kappa shape index (κ3) is 4.09. The quantitative estimate of drug-likeness (QED) is 0.610. The van der Waals surface area contributed by atoms with Crippen LogP contribution >= 0.6 is 27.3 Å². The first kappa shape index (κ1) is 14.2. The molecule has 1 aromatic heterocycles. The standard InChI is InChI=1S/C17H14BrNOS/c18-17-10-13(12-21-17)11-19-14-6-8-16(9-7-14)20-15-4-2-1-3-5-15/h1-10,12,19H,11H2. The van der Waals surface area contributed by atoms with E-state index in [4.69, 9.17) is 4.74 Å². The number of hydrogen-bond donors (Lipinski definition) is 1. The average Bonchev–Trinajstić information content (AvgIpc) is 2.93. The fourth-order valence-corrected chi connectivity index (χ4v) is 3.12. The Bertz CT molecular complexity index is 694. The number of hydrogen-bond acceptors (Lipinski definition) is 3. The normalized spacial score (nSPS) is 10.3. The van der Waals surface area contributed by atoms with Gasteiger partial charge in [0.15, 0.2) is 0 Å². The summed E-state index contributed by atoms with van der Waals surface area (Å²) in [7, 11) is 0. The molecular weight excluding hydrogens is 346 g/mol. The van der Waals surface area contributed by atoms with Crippen molar-refractivity contribution in [2.45, 2.75) is 6.54 Å². The minimum absolute atomic E-state index is 0.820. The lowest BCUT2D eigenvalue weighted by atomic mass is 10.2. The molecule has 0 spiro atoms. The maximum atomic E-state index is 5.77. The molecule has 1 N–H and O–H groups in total. The Morgan fingerprint density at radius 3 is 2.33 bits per heavy atom. The molecule has 0 aliphatic heterocycles. The fourth-order valence-electron chi connectivity index (χ4n) is 1.91. The molecule has 1 heterocycles. The van der Waals surface area contributed by atoms with Crippen LogP contribution in [-0.4, -0.2) is 0 Å². The van der Waals surface area contributed by atoms with Gasteiger partial charge in [-0.3, -0.25) is 0 Å². The van der Waals surface area contributed by atoms with Crippen molar-refractivity contribution in [2.24, 2.45) is 0 Å². The zero-order chi connectivity index (χ0) is 14.5. The third-order valence-electron chi connectivity index (χ3n) is 2.95. The van der Waals surface area contributed by atoms with Gasteiger partial charge in [0.1, 0.15) is 11.5 Å². The third-order valence-corrected chi connectivity index (χ3v) is 4.50. The van der Waals surface area contributed by atoms with Gasteiger partial charge >= 0.3 is 0 Å². The van der Waals surface area contributed by atoms with E-state index in [0.717, 1.165) is 27.5 Å². The van der Waals surface area contributed by atoms with Crippen LogP contribution in [0.25, 0.3) is 0 Å². The second-order valence-electron chi connectivity index (χ2n) is 4.55. The minimum atomic E-state index is 0.820. The Morgan fingerprint density at radius 1 is 0.952 bits per heavy atom. The molecule has 0 amide bonds. The van der Waals surface area contributed by atoms with E-state index < -0.39 is 0 Å². The number of halogens is 1. The number of para-hydroxylation sites is 1. The molecule has 0 saturated heterocycles. The molecule has 3 aromatic rings. The molecule has 0 bridgehead atoms. The summed E-state index contributed by atoms with van der Waals surface area (Å²) in [5.41, 5.74) is 2.36. The fraction of sp³-hybridized carbons (Fsp3) is 0.0588. The maximum absolute atomic E-state index is 5.77. The van der Waals surface area contributed by atoms with E-state index in [-0.39, 0.29) is 0 Å². The Kier molecular flexibility index (Phi) is 4.58. The summed E-state index contributed by atoms with van der Waals surface area (Å²) in [6, 6.07) is 19.9. The van der Waals surface area contributed by atoms with E-state index in [1.165, 1.54) is 5.56 Å². The first-order valence-corrected chi connectivity index (χ1v) is 8.26. The van der Waals surface area contributed by atoms with Crippen molar-refractivity contribution in [3.8, 4) is 11.5 Å². The van der Waals surface area contributed by atoms with Gasteiger partial charge in [-0.05, 0) is 69.3 Å². The van der Waals surface area contributed by atoms with E-state index in [9.17, 15) is 0 Å². The molecule has 0 saturated carbocycles. The van der Waals surface area contributed by atoms with Crippen LogP contribution in [0.4, 0.5) is 5.69 Å². The molecular formula is C17H14BrNOS. The number of rotatable bonds is 5. The molecule has 0 atom stereocenters. The van der Waals surface area contributed by atoms with Crippen LogP contribution < -0.4 is 10.1 Å². The molecule has 0 fully saturated rings. The molecule has 4 heteroatoms. The van der Waals surface area contributed by atoms with E-state index in [1.54, 1.807) is 11.3 Å². The highest BCUT2D eigenvalue weighted by Gasteiger charge is 1.99.